The first-order valence-corrected chi connectivity index (χ1v) is 8.34. The molecule has 7 heteroatoms. The second-order valence-electron chi connectivity index (χ2n) is 6.27. The molecule has 1 aliphatic heterocycles. The molecule has 0 saturated heterocycles. The van der Waals surface area contributed by atoms with E-state index in [1.807, 2.05) is 37.5 Å². The Morgan fingerprint density at radius 3 is 2.63 bits per heavy atom. The first kappa shape index (κ1) is 17.0. The van der Waals surface area contributed by atoms with Gasteiger partial charge in [0.2, 0.25) is 5.90 Å². The fourth-order valence-corrected chi connectivity index (χ4v) is 3.05. The molecule has 0 radical (unpaired) electrons. The highest BCUT2D eigenvalue weighted by atomic mass is 19.1. The lowest BCUT2D eigenvalue weighted by Crippen LogP contribution is -2.07. The fraction of sp³-hybridized carbons (Fsp3) is 0.150. The topological polar surface area (TPSA) is 69.6 Å². The van der Waals surface area contributed by atoms with Crippen molar-refractivity contribution in [1.29, 1.82) is 0 Å². The van der Waals surface area contributed by atoms with Gasteiger partial charge < -0.3 is 9.26 Å². The van der Waals surface area contributed by atoms with Gasteiger partial charge in [-0.15, -0.1) is 0 Å². The van der Waals surface area contributed by atoms with Gasteiger partial charge in [0.1, 0.15) is 11.6 Å². The predicted molar refractivity (Wildman–Crippen MR) is 97.0 cm³/mol. The van der Waals surface area contributed by atoms with Crippen LogP contribution in [0.25, 0.3) is 11.9 Å². The van der Waals surface area contributed by atoms with Crippen molar-refractivity contribution in [1.82, 2.24) is 9.72 Å². The summed E-state index contributed by atoms with van der Waals surface area (Å²) in [5.74, 6) is 0.220. The molecule has 3 aromatic rings. The van der Waals surface area contributed by atoms with Crippen molar-refractivity contribution < 1.29 is 18.4 Å². The standard InChI is InChI=1S/C20H16FN3O3/c1-11-8-14(13(3)24(11)18-9-12(2)27-23-18)10-17-20(25)26-19(22-17)15-6-4-5-7-16(15)21/h4-10H,1-3H3. The zero-order valence-corrected chi connectivity index (χ0v) is 15.0. The number of hydrogen-bond donors (Lipinski definition) is 0. The van der Waals surface area contributed by atoms with Crippen molar-refractivity contribution in [3.63, 3.8) is 0 Å². The van der Waals surface area contributed by atoms with E-state index in [2.05, 4.69) is 10.1 Å². The molecule has 4 rings (SSSR count). The number of benzene rings is 1. The summed E-state index contributed by atoms with van der Waals surface area (Å²) >= 11 is 0. The van der Waals surface area contributed by atoms with Gasteiger partial charge in [0, 0.05) is 17.5 Å². The van der Waals surface area contributed by atoms with E-state index in [9.17, 15) is 9.18 Å². The summed E-state index contributed by atoms with van der Waals surface area (Å²) in [6.07, 6.45) is 1.63. The number of carbonyl (C=O) groups is 1. The lowest BCUT2D eigenvalue weighted by molar-refractivity contribution is -0.129. The Kier molecular flexibility index (Phi) is 3.99. The molecule has 0 atom stereocenters. The highest BCUT2D eigenvalue weighted by Crippen LogP contribution is 2.25. The average molecular weight is 365 g/mol. The van der Waals surface area contributed by atoms with E-state index in [-0.39, 0.29) is 17.2 Å². The summed E-state index contributed by atoms with van der Waals surface area (Å²) in [5.41, 5.74) is 2.86. The van der Waals surface area contributed by atoms with Crippen molar-refractivity contribution >= 4 is 17.9 Å². The van der Waals surface area contributed by atoms with E-state index in [0.29, 0.717) is 11.6 Å². The molecule has 6 nitrogen and oxygen atoms in total. The van der Waals surface area contributed by atoms with E-state index in [1.165, 1.54) is 12.1 Å². The molecular formula is C20H16FN3O3. The molecule has 27 heavy (non-hydrogen) atoms. The number of ether oxygens (including phenoxy) is 1. The molecule has 0 saturated carbocycles. The molecule has 2 aromatic heterocycles. The third-order valence-electron chi connectivity index (χ3n) is 4.33. The van der Waals surface area contributed by atoms with Crippen LogP contribution >= 0.6 is 0 Å². The van der Waals surface area contributed by atoms with Crippen molar-refractivity contribution in [2.24, 2.45) is 4.99 Å². The first-order valence-electron chi connectivity index (χ1n) is 8.34. The number of aryl methyl sites for hydroxylation is 2. The van der Waals surface area contributed by atoms with Crippen LogP contribution in [0, 0.1) is 26.6 Å². The van der Waals surface area contributed by atoms with E-state index < -0.39 is 11.8 Å². The Morgan fingerprint density at radius 2 is 1.93 bits per heavy atom. The minimum Gasteiger partial charge on any atom is -0.402 e. The fourth-order valence-electron chi connectivity index (χ4n) is 3.05. The molecular weight excluding hydrogens is 349 g/mol. The predicted octanol–water partition coefficient (Wildman–Crippen LogP) is 3.87. The summed E-state index contributed by atoms with van der Waals surface area (Å²) in [6, 6.07) is 9.77. The average Bonchev–Trinajstić information content (AvgIpc) is 3.28. The van der Waals surface area contributed by atoms with Crippen molar-refractivity contribution in [2.75, 3.05) is 0 Å². The van der Waals surface area contributed by atoms with Crippen molar-refractivity contribution in [3.05, 3.63) is 76.2 Å². The van der Waals surface area contributed by atoms with Crippen LogP contribution in [-0.4, -0.2) is 21.6 Å². The Bertz CT molecular complexity index is 1120. The molecule has 3 heterocycles. The molecule has 136 valence electrons. The number of aromatic nitrogens is 2. The quantitative estimate of drug-likeness (QED) is 0.522. The molecule has 0 unspecified atom stereocenters. The summed E-state index contributed by atoms with van der Waals surface area (Å²) in [4.78, 5) is 16.4. The number of carbonyl (C=O) groups excluding carboxylic acids is 1. The number of nitrogens with zero attached hydrogens (tertiary/aromatic N) is 3. The van der Waals surface area contributed by atoms with E-state index in [4.69, 9.17) is 9.26 Å². The SMILES string of the molecule is Cc1cc(-n2c(C)cc(C=C3N=C(c4ccccc4F)OC3=O)c2C)no1. The minimum atomic E-state index is -0.615. The lowest BCUT2D eigenvalue weighted by atomic mass is 10.2. The molecule has 0 spiro atoms. The van der Waals surface area contributed by atoms with Crippen molar-refractivity contribution in [2.45, 2.75) is 20.8 Å². The van der Waals surface area contributed by atoms with Crippen molar-refractivity contribution in [3.8, 4) is 5.82 Å². The minimum absolute atomic E-state index is 0.0368. The molecule has 1 aromatic carbocycles. The van der Waals surface area contributed by atoms with Crippen LogP contribution < -0.4 is 0 Å². The normalized spacial score (nSPS) is 15.3. The van der Waals surface area contributed by atoms with Crippen LogP contribution in [0.5, 0.6) is 0 Å². The largest absolute Gasteiger partial charge is 0.402 e. The van der Waals surface area contributed by atoms with Gasteiger partial charge in [-0.25, -0.2) is 14.2 Å². The summed E-state index contributed by atoms with van der Waals surface area (Å²) < 4.78 is 26.1. The monoisotopic (exact) mass is 365 g/mol. The second kappa shape index (κ2) is 6.35. The van der Waals surface area contributed by atoms with Gasteiger partial charge in [-0.3, -0.25) is 4.57 Å². The maximum absolute atomic E-state index is 13.9. The number of halogens is 1. The third kappa shape index (κ3) is 2.97. The van der Waals surface area contributed by atoms with E-state index in [1.54, 1.807) is 18.2 Å². The van der Waals surface area contributed by atoms with Crippen LogP contribution in [0.1, 0.15) is 28.3 Å². The summed E-state index contributed by atoms with van der Waals surface area (Å²) in [6.45, 7) is 5.66. The number of esters is 1. The van der Waals surface area contributed by atoms with Gasteiger partial charge in [0.15, 0.2) is 11.5 Å². The molecule has 0 amide bonds. The highest BCUT2D eigenvalue weighted by molar-refractivity contribution is 6.13. The third-order valence-corrected chi connectivity index (χ3v) is 4.33. The van der Waals surface area contributed by atoms with Gasteiger partial charge >= 0.3 is 5.97 Å². The number of cyclic esters (lactones) is 1. The molecule has 0 fully saturated rings. The van der Waals surface area contributed by atoms with Crippen LogP contribution in [0.3, 0.4) is 0 Å². The van der Waals surface area contributed by atoms with Gasteiger partial charge in [-0.2, -0.15) is 0 Å². The van der Waals surface area contributed by atoms with E-state index in [0.717, 1.165) is 17.0 Å². The van der Waals surface area contributed by atoms with Crippen LogP contribution in [-0.2, 0) is 9.53 Å². The van der Waals surface area contributed by atoms with Gasteiger partial charge in [-0.1, -0.05) is 17.3 Å². The lowest BCUT2D eigenvalue weighted by Gasteiger charge is -2.03. The van der Waals surface area contributed by atoms with E-state index >= 15 is 0 Å². The maximum atomic E-state index is 13.9. The van der Waals surface area contributed by atoms with Crippen LogP contribution in [0.2, 0.25) is 0 Å². The second-order valence-corrected chi connectivity index (χ2v) is 6.27. The van der Waals surface area contributed by atoms with Gasteiger partial charge in [-0.05, 0) is 50.6 Å². The number of rotatable bonds is 3. The Hall–Kier alpha value is -3.48. The zero-order valence-electron chi connectivity index (χ0n) is 15.0. The Labute approximate surface area is 154 Å². The van der Waals surface area contributed by atoms with Crippen LogP contribution in [0.4, 0.5) is 4.39 Å². The maximum Gasteiger partial charge on any atom is 0.363 e. The van der Waals surface area contributed by atoms with Gasteiger partial charge in [0.25, 0.3) is 0 Å². The van der Waals surface area contributed by atoms with Gasteiger partial charge in [0.05, 0.1) is 5.56 Å². The molecule has 0 bridgehead atoms. The Balaban J connectivity index is 1.74. The van der Waals surface area contributed by atoms with Crippen LogP contribution in [0.15, 0.2) is 51.6 Å². The zero-order chi connectivity index (χ0) is 19.1. The summed E-state index contributed by atoms with van der Waals surface area (Å²) in [5, 5.41) is 4.04. The summed E-state index contributed by atoms with van der Waals surface area (Å²) in [7, 11) is 0. The number of hydrogen-bond acceptors (Lipinski definition) is 5. The molecule has 0 aliphatic carbocycles. The highest BCUT2D eigenvalue weighted by Gasteiger charge is 2.26. The molecule has 1 aliphatic rings. The number of aliphatic imine (C=N–C) groups is 1. The first-order chi connectivity index (χ1) is 12.9. The molecule has 0 N–H and O–H groups in total. The Morgan fingerprint density at radius 1 is 1.15 bits per heavy atom. The smallest absolute Gasteiger partial charge is 0.363 e.